The molecule has 1 heterocycles. The molecule has 1 aromatic heterocycles. The van der Waals surface area contributed by atoms with Gasteiger partial charge in [0.2, 0.25) is 9.84 Å². The second-order valence-electron chi connectivity index (χ2n) is 4.08. The maximum absolute atomic E-state index is 12.4. The van der Waals surface area contributed by atoms with Gasteiger partial charge in [0.1, 0.15) is 0 Å². The van der Waals surface area contributed by atoms with Crippen LogP contribution in [0.4, 0.5) is 0 Å². The number of benzene rings is 2. The molecular weight excluding hydrogens is 258 g/mol. The lowest BCUT2D eigenvalue weighted by Crippen LogP contribution is -2.04. The first-order chi connectivity index (χ1) is 9.18. The number of aromatic nitrogens is 1. The van der Waals surface area contributed by atoms with Gasteiger partial charge in [0.05, 0.1) is 10.4 Å². The first-order valence-corrected chi connectivity index (χ1v) is 7.23. The van der Waals surface area contributed by atoms with Crippen molar-refractivity contribution < 1.29 is 8.42 Å². The van der Waals surface area contributed by atoms with Gasteiger partial charge in [0.25, 0.3) is 0 Å². The van der Waals surface area contributed by atoms with Crippen molar-refractivity contribution in [3.63, 3.8) is 0 Å². The number of rotatable bonds is 2. The van der Waals surface area contributed by atoms with Gasteiger partial charge in [-0.15, -0.1) is 0 Å². The Hall–Kier alpha value is -2.20. The lowest BCUT2D eigenvalue weighted by Gasteiger charge is -2.04. The molecule has 1 radical (unpaired) electrons. The van der Waals surface area contributed by atoms with E-state index in [4.69, 9.17) is 0 Å². The quantitative estimate of drug-likeness (QED) is 0.718. The molecule has 3 nitrogen and oxygen atoms in total. The van der Waals surface area contributed by atoms with E-state index in [2.05, 4.69) is 11.1 Å². The Morgan fingerprint density at radius 3 is 2.42 bits per heavy atom. The van der Waals surface area contributed by atoms with Gasteiger partial charge in [0, 0.05) is 5.39 Å². The Kier molecular flexibility index (Phi) is 2.80. The normalized spacial score (nSPS) is 11.6. The van der Waals surface area contributed by atoms with Crippen LogP contribution in [0.15, 0.2) is 70.6 Å². The highest BCUT2D eigenvalue weighted by Gasteiger charge is 2.18. The Balaban J connectivity index is 2.19. The maximum Gasteiger partial charge on any atom is 0.223 e. The monoisotopic (exact) mass is 268 g/mol. The van der Waals surface area contributed by atoms with Crippen LogP contribution in [0.25, 0.3) is 10.9 Å². The average molecular weight is 268 g/mol. The van der Waals surface area contributed by atoms with Crippen molar-refractivity contribution in [1.29, 1.82) is 0 Å². The fraction of sp³-hybridized carbons (Fsp3) is 0. The summed E-state index contributed by atoms with van der Waals surface area (Å²) in [5.41, 5.74) is 0.672. The second kappa shape index (κ2) is 4.48. The van der Waals surface area contributed by atoms with E-state index in [1.165, 1.54) is 18.2 Å². The predicted molar refractivity (Wildman–Crippen MR) is 72.5 cm³/mol. The van der Waals surface area contributed by atoms with Crippen LogP contribution < -0.4 is 0 Å². The summed E-state index contributed by atoms with van der Waals surface area (Å²) in [5.74, 6) is 0. The zero-order valence-corrected chi connectivity index (χ0v) is 10.8. The zero-order valence-electron chi connectivity index (χ0n) is 9.95. The third-order valence-corrected chi connectivity index (χ3v) is 4.52. The molecule has 0 spiro atoms. The van der Waals surface area contributed by atoms with E-state index in [0.29, 0.717) is 5.52 Å². The highest BCUT2D eigenvalue weighted by Crippen LogP contribution is 2.21. The van der Waals surface area contributed by atoms with Crippen molar-refractivity contribution in [1.82, 2.24) is 4.98 Å². The molecule has 3 rings (SSSR count). The van der Waals surface area contributed by atoms with Crippen molar-refractivity contribution in [2.45, 2.75) is 9.92 Å². The number of sulfone groups is 1. The van der Waals surface area contributed by atoms with Gasteiger partial charge in [-0.2, -0.15) is 0 Å². The van der Waals surface area contributed by atoms with E-state index >= 15 is 0 Å². The number of nitrogens with zero attached hydrogens (tertiary/aromatic N) is 1. The highest BCUT2D eigenvalue weighted by molar-refractivity contribution is 7.91. The van der Waals surface area contributed by atoms with E-state index in [1.54, 1.807) is 24.3 Å². The zero-order chi connectivity index (χ0) is 13.3. The molecule has 4 heteroatoms. The number of pyridine rings is 1. The van der Waals surface area contributed by atoms with Crippen LogP contribution in [0.2, 0.25) is 0 Å². The van der Waals surface area contributed by atoms with Crippen LogP contribution in [0.3, 0.4) is 0 Å². The maximum atomic E-state index is 12.4. The summed E-state index contributed by atoms with van der Waals surface area (Å²) in [6.45, 7) is 0. The van der Waals surface area contributed by atoms with Crippen molar-refractivity contribution >= 4 is 20.7 Å². The van der Waals surface area contributed by atoms with Gasteiger partial charge in [0.15, 0.2) is 5.03 Å². The van der Waals surface area contributed by atoms with Crippen LogP contribution in [-0.4, -0.2) is 13.4 Å². The summed E-state index contributed by atoms with van der Waals surface area (Å²) in [4.78, 5) is 4.46. The predicted octanol–water partition coefficient (Wildman–Crippen LogP) is 2.87. The molecule has 3 aromatic rings. The van der Waals surface area contributed by atoms with Crippen LogP contribution in [0.5, 0.6) is 0 Å². The molecule has 2 aromatic carbocycles. The summed E-state index contributed by atoms with van der Waals surface area (Å²) in [6.07, 6.45) is 0. The van der Waals surface area contributed by atoms with Gasteiger partial charge in [-0.25, -0.2) is 13.4 Å². The molecule has 19 heavy (non-hydrogen) atoms. The number of hydrogen-bond acceptors (Lipinski definition) is 3. The molecule has 0 N–H and O–H groups in total. The van der Waals surface area contributed by atoms with Crippen molar-refractivity contribution in [3.8, 4) is 0 Å². The molecule has 0 saturated heterocycles. The smallest absolute Gasteiger partial charge is 0.223 e. The molecule has 0 atom stereocenters. The topological polar surface area (TPSA) is 47.0 Å². The third kappa shape index (κ3) is 2.11. The lowest BCUT2D eigenvalue weighted by molar-refractivity contribution is 0.593. The summed E-state index contributed by atoms with van der Waals surface area (Å²) < 4.78 is 24.8. The summed E-state index contributed by atoms with van der Waals surface area (Å²) >= 11 is 0. The second-order valence-corrected chi connectivity index (χ2v) is 5.98. The first kappa shape index (κ1) is 11.9. The number of para-hydroxylation sites is 1. The Bertz CT molecular complexity index is 827. The molecule has 0 saturated carbocycles. The van der Waals surface area contributed by atoms with E-state index < -0.39 is 9.84 Å². The Labute approximate surface area is 111 Å². The fourth-order valence-electron chi connectivity index (χ4n) is 1.87. The Morgan fingerprint density at radius 1 is 0.895 bits per heavy atom. The van der Waals surface area contributed by atoms with Crippen molar-refractivity contribution in [2.24, 2.45) is 0 Å². The standard InChI is InChI=1S/C15H10NO2S/c17-19(18,13-7-2-1-3-8-13)15-11-10-12-6-4-5-9-14(12)16-15/h2-11H. The SMILES string of the molecule is O=S(=O)(c1cc[c]cc1)c1ccc2ccccc2n1. The molecule has 0 amide bonds. The van der Waals surface area contributed by atoms with Crippen LogP contribution >= 0.6 is 0 Å². The molecule has 0 aliphatic heterocycles. The molecule has 0 aliphatic rings. The van der Waals surface area contributed by atoms with Gasteiger partial charge in [-0.3, -0.25) is 0 Å². The van der Waals surface area contributed by atoms with Crippen molar-refractivity contribution in [2.75, 3.05) is 0 Å². The largest absolute Gasteiger partial charge is 0.236 e. The first-order valence-electron chi connectivity index (χ1n) is 5.75. The van der Waals surface area contributed by atoms with Gasteiger partial charge in [-0.1, -0.05) is 30.3 Å². The van der Waals surface area contributed by atoms with Gasteiger partial charge in [-0.05, 0) is 36.4 Å². The number of fused-ring (bicyclic) bond motifs is 1. The highest BCUT2D eigenvalue weighted by atomic mass is 32.2. The molecular formula is C15H10NO2S. The van der Waals surface area contributed by atoms with Gasteiger partial charge >= 0.3 is 0 Å². The number of hydrogen-bond donors (Lipinski definition) is 0. The third-order valence-electron chi connectivity index (χ3n) is 2.85. The fourth-order valence-corrected chi connectivity index (χ4v) is 3.07. The lowest BCUT2D eigenvalue weighted by atomic mass is 10.2. The molecule has 93 valence electrons. The van der Waals surface area contributed by atoms with E-state index in [1.807, 2.05) is 18.2 Å². The van der Waals surface area contributed by atoms with E-state index in [-0.39, 0.29) is 9.92 Å². The average Bonchev–Trinajstić information content (AvgIpc) is 2.47. The Morgan fingerprint density at radius 2 is 1.63 bits per heavy atom. The van der Waals surface area contributed by atoms with Gasteiger partial charge < -0.3 is 0 Å². The minimum absolute atomic E-state index is 0.0670. The molecule has 0 unspecified atom stereocenters. The minimum atomic E-state index is -3.56. The van der Waals surface area contributed by atoms with E-state index in [0.717, 1.165) is 5.39 Å². The molecule has 0 aliphatic carbocycles. The van der Waals surface area contributed by atoms with E-state index in [9.17, 15) is 8.42 Å². The summed E-state index contributed by atoms with van der Waals surface area (Å²) in [5, 5.41) is 0.986. The van der Waals surface area contributed by atoms with Crippen LogP contribution in [0, 0.1) is 6.07 Å². The summed E-state index contributed by atoms with van der Waals surface area (Å²) in [7, 11) is -3.56. The minimum Gasteiger partial charge on any atom is -0.236 e. The molecule has 0 fully saturated rings. The van der Waals surface area contributed by atoms with Crippen LogP contribution in [0.1, 0.15) is 0 Å². The van der Waals surface area contributed by atoms with Crippen molar-refractivity contribution in [3.05, 3.63) is 66.7 Å². The summed E-state index contributed by atoms with van der Waals surface area (Å²) in [6, 6.07) is 19.7. The molecule has 0 bridgehead atoms. The van der Waals surface area contributed by atoms with Crippen LogP contribution in [-0.2, 0) is 9.84 Å².